The molecule has 0 bridgehead atoms. The number of aromatic nitrogens is 1. The van der Waals surface area contributed by atoms with Crippen LogP contribution in [0.4, 0.5) is 5.69 Å². The van der Waals surface area contributed by atoms with Crippen molar-refractivity contribution in [2.45, 2.75) is 25.8 Å². The molecule has 9 heteroatoms. The fraction of sp³-hybridized carbons (Fsp3) is 0.152. The highest BCUT2D eigenvalue weighted by atomic mass is 32.1. The molecule has 3 heterocycles. The Hall–Kier alpha value is -5.02. The maximum Gasteiger partial charge on any atom is 0.273 e. The number of aryl methyl sites for hydroxylation is 2. The summed E-state index contributed by atoms with van der Waals surface area (Å²) in [6.07, 6.45) is 3.39. The van der Waals surface area contributed by atoms with Crippen molar-refractivity contribution in [2.24, 2.45) is 4.99 Å². The minimum absolute atomic E-state index is 0.0295. The van der Waals surface area contributed by atoms with Crippen LogP contribution in [-0.4, -0.2) is 16.6 Å². The number of hydrogen-bond donors (Lipinski definition) is 0. The molecule has 0 unspecified atom stereocenters. The van der Waals surface area contributed by atoms with Crippen LogP contribution in [0.5, 0.6) is 5.75 Å². The Balaban J connectivity index is 1.37. The fourth-order valence-corrected chi connectivity index (χ4v) is 6.79. The van der Waals surface area contributed by atoms with Crippen LogP contribution in [0.25, 0.3) is 23.1 Å². The van der Waals surface area contributed by atoms with Gasteiger partial charge < -0.3 is 9.15 Å². The number of fused-ring (bicyclic) bond motifs is 3. The monoisotopic (exact) mass is 575 g/mol. The molecule has 1 aliphatic heterocycles. The Morgan fingerprint density at radius 3 is 2.76 bits per heavy atom. The van der Waals surface area contributed by atoms with Crippen LogP contribution < -0.4 is 19.6 Å². The first-order valence-corrected chi connectivity index (χ1v) is 14.4. The first-order chi connectivity index (χ1) is 20.4. The van der Waals surface area contributed by atoms with Crippen molar-refractivity contribution in [3.63, 3.8) is 0 Å². The third kappa shape index (κ3) is 4.29. The summed E-state index contributed by atoms with van der Waals surface area (Å²) < 4.78 is 13.8. The summed E-state index contributed by atoms with van der Waals surface area (Å²) in [7, 11) is 1.64. The van der Waals surface area contributed by atoms with Crippen LogP contribution in [0.3, 0.4) is 0 Å². The second-order valence-corrected chi connectivity index (χ2v) is 11.4. The maximum absolute atomic E-state index is 14.0. The van der Waals surface area contributed by atoms with Gasteiger partial charge in [-0.2, -0.15) is 0 Å². The second kappa shape index (κ2) is 10.1. The van der Waals surface area contributed by atoms with E-state index in [2.05, 4.69) is 12.1 Å². The molecule has 0 saturated carbocycles. The fourth-order valence-electron chi connectivity index (χ4n) is 5.81. The standard InChI is InChI=1S/C33H25N3O5S/c1-19-10-11-21(17-27(19)36(38)39)28-15-13-24(41-28)18-29-32(37)35-31(22-7-5-8-23(16-22)40-2)26-14-12-20-6-3-4-9-25(20)30(26)34-33(35)42-29/h3-11,13,15-18,31H,12,14H2,1-2H3/b29-18+/t31-/m0/s1. The molecule has 5 aromatic rings. The van der Waals surface area contributed by atoms with E-state index in [4.69, 9.17) is 14.1 Å². The van der Waals surface area contributed by atoms with Crippen molar-refractivity contribution in [1.82, 2.24) is 4.57 Å². The van der Waals surface area contributed by atoms with Gasteiger partial charge in [0.2, 0.25) is 0 Å². The molecular formula is C33H25N3O5S. The third-order valence-corrected chi connectivity index (χ3v) is 8.86. The smallest absolute Gasteiger partial charge is 0.273 e. The molecule has 208 valence electrons. The second-order valence-electron chi connectivity index (χ2n) is 10.4. The van der Waals surface area contributed by atoms with Crippen molar-refractivity contribution in [3.05, 3.63) is 142 Å². The number of furan rings is 1. The highest BCUT2D eigenvalue weighted by molar-refractivity contribution is 7.07. The molecule has 1 aliphatic carbocycles. The number of benzene rings is 3. The van der Waals surface area contributed by atoms with Crippen molar-refractivity contribution >= 4 is 28.8 Å². The maximum atomic E-state index is 14.0. The summed E-state index contributed by atoms with van der Waals surface area (Å²) >= 11 is 1.32. The number of rotatable bonds is 5. The first kappa shape index (κ1) is 25.9. The number of ether oxygens (including phenoxy) is 1. The van der Waals surface area contributed by atoms with Crippen LogP contribution in [0.15, 0.2) is 98.6 Å². The highest BCUT2D eigenvalue weighted by Crippen LogP contribution is 2.41. The Labute approximate surface area is 244 Å². The van der Waals surface area contributed by atoms with E-state index in [1.165, 1.54) is 23.0 Å². The average Bonchev–Trinajstić information content (AvgIpc) is 3.60. The highest BCUT2D eigenvalue weighted by Gasteiger charge is 2.32. The minimum Gasteiger partial charge on any atom is -0.497 e. The number of methoxy groups -OCH3 is 1. The molecule has 1 atom stereocenters. The van der Waals surface area contributed by atoms with Crippen LogP contribution in [0.2, 0.25) is 0 Å². The van der Waals surface area contributed by atoms with Crippen molar-refractivity contribution in [2.75, 3.05) is 7.11 Å². The predicted octanol–water partition coefficient (Wildman–Crippen LogP) is 5.80. The number of nitrogens with zero attached hydrogens (tertiary/aromatic N) is 3. The van der Waals surface area contributed by atoms with Gasteiger partial charge in [0.1, 0.15) is 17.3 Å². The molecule has 2 aromatic heterocycles. The molecule has 7 rings (SSSR count). The van der Waals surface area contributed by atoms with Gasteiger partial charge in [0.15, 0.2) is 4.80 Å². The van der Waals surface area contributed by atoms with Gasteiger partial charge in [-0.3, -0.25) is 19.5 Å². The number of hydrogen-bond acceptors (Lipinski definition) is 7. The largest absolute Gasteiger partial charge is 0.497 e. The van der Waals surface area contributed by atoms with E-state index < -0.39 is 4.92 Å². The molecular weight excluding hydrogens is 550 g/mol. The van der Waals surface area contributed by atoms with Crippen LogP contribution in [0.1, 0.15) is 40.5 Å². The van der Waals surface area contributed by atoms with Crippen LogP contribution in [-0.2, 0) is 6.42 Å². The minimum atomic E-state index is -0.403. The summed E-state index contributed by atoms with van der Waals surface area (Å²) in [4.78, 5) is 30.7. The Morgan fingerprint density at radius 1 is 1.07 bits per heavy atom. The lowest BCUT2D eigenvalue weighted by Gasteiger charge is -2.31. The van der Waals surface area contributed by atoms with E-state index in [1.54, 1.807) is 48.9 Å². The zero-order valence-corrected chi connectivity index (χ0v) is 23.7. The average molecular weight is 576 g/mol. The summed E-state index contributed by atoms with van der Waals surface area (Å²) in [5.74, 6) is 1.69. The molecule has 2 aliphatic rings. The van der Waals surface area contributed by atoms with Crippen molar-refractivity contribution in [1.29, 1.82) is 0 Å². The molecule has 0 amide bonds. The Bertz CT molecular complexity index is 2120. The first-order valence-electron chi connectivity index (χ1n) is 13.5. The third-order valence-electron chi connectivity index (χ3n) is 7.87. The van der Waals surface area contributed by atoms with E-state index >= 15 is 0 Å². The summed E-state index contributed by atoms with van der Waals surface area (Å²) in [5.41, 5.74) is 6.41. The van der Waals surface area contributed by atoms with Gasteiger partial charge in [0.25, 0.3) is 11.2 Å². The number of nitro benzene ring substituents is 1. The van der Waals surface area contributed by atoms with Gasteiger partial charge in [-0.15, -0.1) is 0 Å². The number of nitro groups is 1. The van der Waals surface area contributed by atoms with Gasteiger partial charge >= 0.3 is 0 Å². The number of thiazole rings is 1. The van der Waals surface area contributed by atoms with Gasteiger partial charge in [-0.05, 0) is 60.7 Å². The van der Waals surface area contributed by atoms with Crippen molar-refractivity contribution in [3.8, 4) is 17.1 Å². The molecule has 8 nitrogen and oxygen atoms in total. The Kier molecular flexibility index (Phi) is 6.24. The lowest BCUT2D eigenvalue weighted by Crippen LogP contribution is -2.38. The van der Waals surface area contributed by atoms with E-state index in [-0.39, 0.29) is 17.3 Å². The van der Waals surface area contributed by atoms with E-state index in [0.717, 1.165) is 41.0 Å². The zero-order chi connectivity index (χ0) is 29.0. The molecule has 42 heavy (non-hydrogen) atoms. The van der Waals surface area contributed by atoms with Crippen molar-refractivity contribution < 1.29 is 14.1 Å². The van der Waals surface area contributed by atoms with Gasteiger partial charge in [0, 0.05) is 28.8 Å². The summed E-state index contributed by atoms with van der Waals surface area (Å²) in [6.45, 7) is 1.70. The topological polar surface area (TPSA) is 99.9 Å². The molecule has 0 fully saturated rings. The van der Waals surface area contributed by atoms with Crippen LogP contribution >= 0.6 is 11.3 Å². The van der Waals surface area contributed by atoms with E-state index in [0.29, 0.717) is 32.0 Å². The normalized spacial score (nSPS) is 16.0. The Morgan fingerprint density at radius 2 is 1.93 bits per heavy atom. The SMILES string of the molecule is COc1cccc([C@H]2C3=C(N=c4s/c(=C/c5ccc(-c6ccc(C)c([N+](=O)[O-])c6)o5)c(=O)n42)c2ccccc2CC3)c1. The predicted molar refractivity (Wildman–Crippen MR) is 161 cm³/mol. The van der Waals surface area contributed by atoms with Gasteiger partial charge in [-0.25, -0.2) is 4.99 Å². The number of allylic oxidation sites excluding steroid dienone is 1. The molecule has 0 spiro atoms. The summed E-state index contributed by atoms with van der Waals surface area (Å²) in [5, 5.41) is 11.4. The molecule has 0 radical (unpaired) electrons. The molecule has 3 aromatic carbocycles. The quantitative estimate of drug-likeness (QED) is 0.195. The summed E-state index contributed by atoms with van der Waals surface area (Å²) in [6, 6.07) is 24.4. The zero-order valence-electron chi connectivity index (χ0n) is 22.9. The lowest BCUT2D eigenvalue weighted by atomic mass is 9.83. The molecule has 0 N–H and O–H groups in total. The van der Waals surface area contributed by atoms with E-state index in [1.807, 2.05) is 36.4 Å². The van der Waals surface area contributed by atoms with Crippen LogP contribution in [0, 0.1) is 17.0 Å². The van der Waals surface area contributed by atoms with Gasteiger partial charge in [0.05, 0.1) is 28.3 Å². The lowest BCUT2D eigenvalue weighted by molar-refractivity contribution is -0.385. The van der Waals surface area contributed by atoms with E-state index in [9.17, 15) is 14.9 Å². The molecule has 0 saturated heterocycles. The van der Waals surface area contributed by atoms with Gasteiger partial charge in [-0.1, -0.05) is 59.9 Å².